The number of amides is 2. The van der Waals surface area contributed by atoms with Crippen LogP contribution in [0.3, 0.4) is 0 Å². The number of aromatic amines is 2. The fraction of sp³-hybridized carbons (Fsp3) is 0.238. The average Bonchev–Trinajstić information content (AvgIpc) is 3.49. The van der Waals surface area contributed by atoms with Crippen molar-refractivity contribution >= 4 is 23.2 Å². The molecule has 6 aromatic rings. The maximum atomic E-state index is 13.1. The highest BCUT2D eigenvalue weighted by Gasteiger charge is 2.49. The number of rotatable bonds is 5. The van der Waals surface area contributed by atoms with Gasteiger partial charge in [0.15, 0.2) is 0 Å². The van der Waals surface area contributed by atoms with Gasteiger partial charge in [0.1, 0.15) is 17.5 Å². The summed E-state index contributed by atoms with van der Waals surface area (Å²) in [5, 5.41) is 0. The molecule has 3 aliphatic rings. The lowest BCUT2D eigenvalue weighted by molar-refractivity contribution is -0.122. The van der Waals surface area contributed by atoms with Crippen molar-refractivity contribution in [3.05, 3.63) is 120 Å². The first kappa shape index (κ1) is 32.4. The van der Waals surface area contributed by atoms with Crippen molar-refractivity contribution in [3.63, 3.8) is 0 Å². The molecule has 2 aromatic heterocycles. The number of benzene rings is 4. The first-order valence-corrected chi connectivity index (χ1v) is 17.3. The van der Waals surface area contributed by atoms with Gasteiger partial charge in [-0.3, -0.25) is 9.59 Å². The van der Waals surface area contributed by atoms with Crippen LogP contribution in [0, 0.1) is 5.82 Å². The number of halogens is 1. The Hall–Kier alpha value is -5.83. The van der Waals surface area contributed by atoms with Gasteiger partial charge in [-0.25, -0.2) is 14.4 Å². The van der Waals surface area contributed by atoms with Crippen molar-refractivity contribution in [1.82, 2.24) is 19.9 Å². The van der Waals surface area contributed by atoms with E-state index in [2.05, 4.69) is 38.1 Å². The molecule has 1 saturated carbocycles. The highest BCUT2D eigenvalue weighted by Crippen LogP contribution is 2.48. The van der Waals surface area contributed by atoms with Crippen LogP contribution in [-0.4, -0.2) is 44.8 Å². The minimum Gasteiger partial charge on any atom is -0.338 e. The van der Waals surface area contributed by atoms with Crippen LogP contribution in [0.4, 0.5) is 15.8 Å². The number of aromatic nitrogens is 4. The summed E-state index contributed by atoms with van der Waals surface area (Å²) in [7, 11) is 1.83. The van der Waals surface area contributed by atoms with Gasteiger partial charge in [-0.15, -0.1) is 0 Å². The summed E-state index contributed by atoms with van der Waals surface area (Å²) in [6.45, 7) is 7.93. The maximum absolute atomic E-state index is 13.1. The quantitative estimate of drug-likeness (QED) is 0.191. The lowest BCUT2D eigenvalue weighted by Crippen LogP contribution is -2.37. The van der Waals surface area contributed by atoms with E-state index in [0.29, 0.717) is 6.04 Å². The van der Waals surface area contributed by atoms with E-state index >= 15 is 0 Å². The third kappa shape index (κ3) is 5.53. The predicted octanol–water partition coefficient (Wildman–Crippen LogP) is 8.67. The SMILES string of the molecule is CC1(C)C(=O)N(C2CC2)c2cc(-c3ncc(-c4ccc(F)cc4)[nH]3)ccc21.CN1C(=O)C(C)(C)c2ccc(-c3ncc(-c4ccccc4)[nH]3)cc21. The van der Waals surface area contributed by atoms with E-state index in [4.69, 9.17) is 0 Å². The number of fused-ring (bicyclic) bond motifs is 2. The number of likely N-dealkylation sites (N-methyl/N-ethyl adjacent to an activating group) is 1. The van der Waals surface area contributed by atoms with E-state index in [1.54, 1.807) is 23.2 Å². The van der Waals surface area contributed by atoms with Crippen LogP contribution < -0.4 is 9.80 Å². The Morgan fingerprint density at radius 1 is 0.647 bits per heavy atom. The second-order valence-corrected chi connectivity index (χ2v) is 14.6. The smallest absolute Gasteiger partial charge is 0.237 e. The van der Waals surface area contributed by atoms with Gasteiger partial charge in [0.2, 0.25) is 11.8 Å². The first-order valence-electron chi connectivity index (χ1n) is 17.3. The summed E-state index contributed by atoms with van der Waals surface area (Å²) >= 11 is 0. The minimum atomic E-state index is -0.487. The number of H-pyrrole nitrogens is 2. The third-order valence-corrected chi connectivity index (χ3v) is 10.4. The zero-order chi connectivity index (χ0) is 35.7. The fourth-order valence-electron chi connectivity index (χ4n) is 7.23. The number of hydrogen-bond donors (Lipinski definition) is 2. The van der Waals surface area contributed by atoms with Gasteiger partial charge < -0.3 is 19.8 Å². The lowest BCUT2D eigenvalue weighted by Gasteiger charge is -2.19. The Kier molecular flexibility index (Phi) is 7.56. The van der Waals surface area contributed by atoms with Crippen molar-refractivity contribution in [2.45, 2.75) is 57.4 Å². The third-order valence-electron chi connectivity index (χ3n) is 10.4. The molecule has 0 bridgehead atoms. The van der Waals surface area contributed by atoms with E-state index in [-0.39, 0.29) is 17.6 Å². The van der Waals surface area contributed by atoms with Gasteiger partial charge in [0.05, 0.1) is 34.6 Å². The van der Waals surface area contributed by atoms with Crippen LogP contribution >= 0.6 is 0 Å². The van der Waals surface area contributed by atoms with Gasteiger partial charge in [-0.1, -0.05) is 54.6 Å². The summed E-state index contributed by atoms with van der Waals surface area (Å²) < 4.78 is 13.1. The van der Waals surface area contributed by atoms with Crippen molar-refractivity contribution in [2.75, 3.05) is 16.8 Å². The molecule has 0 radical (unpaired) electrons. The molecule has 9 rings (SSSR count). The normalized spacial score (nSPS) is 16.9. The number of anilines is 2. The van der Waals surface area contributed by atoms with Gasteiger partial charge in [0.25, 0.3) is 0 Å². The molecule has 1 aliphatic carbocycles. The number of carbonyl (C=O) groups is 2. The molecule has 9 heteroatoms. The zero-order valence-corrected chi connectivity index (χ0v) is 29.3. The predicted molar refractivity (Wildman–Crippen MR) is 199 cm³/mol. The van der Waals surface area contributed by atoms with E-state index in [9.17, 15) is 14.0 Å². The van der Waals surface area contributed by atoms with Crippen LogP contribution in [0.15, 0.2) is 103 Å². The van der Waals surface area contributed by atoms with Crippen LogP contribution in [0.5, 0.6) is 0 Å². The van der Waals surface area contributed by atoms with Crippen LogP contribution in [0.2, 0.25) is 0 Å². The summed E-state index contributed by atoms with van der Waals surface area (Å²) in [6.07, 6.45) is 5.74. The molecular formula is C42H39FN6O2. The van der Waals surface area contributed by atoms with E-state index in [0.717, 1.165) is 80.6 Å². The molecule has 0 saturated heterocycles. The summed E-state index contributed by atoms with van der Waals surface area (Å²) in [6, 6.07) is 29.0. The first-order chi connectivity index (χ1) is 24.4. The number of nitrogens with zero attached hydrogens (tertiary/aromatic N) is 4. The molecule has 8 nitrogen and oxygen atoms in total. The maximum Gasteiger partial charge on any atom is 0.237 e. The van der Waals surface area contributed by atoms with Gasteiger partial charge in [-0.05, 0) is 99.2 Å². The molecule has 0 unspecified atom stereocenters. The largest absolute Gasteiger partial charge is 0.338 e. The standard InChI is InChI=1S/C22H20FN3O.C20H19N3O/c1-22(2)17-10-5-14(11-19(17)26(21(22)27)16-8-9-16)20-24-12-18(25-20)13-3-6-15(23)7-4-13;1-20(2)15-10-9-14(11-17(15)23(3)19(20)24)18-21-12-16(22-18)13-7-5-4-6-8-13/h3-7,10-12,16H,8-9H2,1-2H3,(H,24,25);4-12H,1-3H3,(H,21,22). The van der Waals surface area contributed by atoms with Gasteiger partial charge in [-0.2, -0.15) is 0 Å². The van der Waals surface area contributed by atoms with Gasteiger partial charge >= 0.3 is 0 Å². The van der Waals surface area contributed by atoms with Crippen molar-refractivity contribution in [3.8, 4) is 45.3 Å². The number of hydrogen-bond acceptors (Lipinski definition) is 4. The highest BCUT2D eigenvalue weighted by molar-refractivity contribution is 6.09. The minimum absolute atomic E-state index is 0.124. The average molecular weight is 679 g/mol. The molecule has 4 heterocycles. The van der Waals surface area contributed by atoms with E-state index in [1.165, 1.54) is 12.1 Å². The molecule has 0 atom stereocenters. The van der Waals surface area contributed by atoms with Crippen molar-refractivity contribution in [1.29, 1.82) is 0 Å². The monoisotopic (exact) mass is 678 g/mol. The topological polar surface area (TPSA) is 98.0 Å². The van der Waals surface area contributed by atoms with Gasteiger partial charge in [0, 0.05) is 35.6 Å². The van der Waals surface area contributed by atoms with Crippen molar-refractivity contribution in [2.24, 2.45) is 0 Å². The summed E-state index contributed by atoms with van der Waals surface area (Å²) in [4.78, 5) is 44.7. The number of imidazole rings is 2. The molecular weight excluding hydrogens is 640 g/mol. The van der Waals surface area contributed by atoms with Crippen LogP contribution in [0.25, 0.3) is 45.3 Å². The Labute approximate surface area is 296 Å². The molecule has 0 spiro atoms. The Bertz CT molecular complexity index is 2300. The second kappa shape index (κ2) is 11.9. The number of carbonyl (C=O) groups excluding carboxylic acids is 2. The van der Waals surface area contributed by atoms with Crippen LogP contribution in [0.1, 0.15) is 51.7 Å². The Balaban J connectivity index is 0.000000148. The van der Waals surface area contributed by atoms with Crippen LogP contribution in [-0.2, 0) is 20.4 Å². The van der Waals surface area contributed by atoms with E-state index < -0.39 is 10.8 Å². The zero-order valence-electron chi connectivity index (χ0n) is 29.3. The lowest BCUT2D eigenvalue weighted by atomic mass is 9.86. The molecule has 2 amide bonds. The van der Waals surface area contributed by atoms with E-state index in [1.807, 2.05) is 94.4 Å². The Morgan fingerprint density at radius 3 is 1.71 bits per heavy atom. The molecule has 2 N–H and O–H groups in total. The molecule has 2 aliphatic heterocycles. The summed E-state index contributed by atoms with van der Waals surface area (Å²) in [5.41, 5.74) is 8.87. The molecule has 256 valence electrons. The summed E-state index contributed by atoms with van der Waals surface area (Å²) in [5.74, 6) is 1.60. The Morgan fingerprint density at radius 2 is 1.14 bits per heavy atom. The fourth-order valence-corrected chi connectivity index (χ4v) is 7.23. The number of nitrogens with one attached hydrogen (secondary N) is 2. The highest BCUT2D eigenvalue weighted by atomic mass is 19.1. The molecule has 1 fully saturated rings. The van der Waals surface area contributed by atoms with Crippen molar-refractivity contribution < 1.29 is 14.0 Å². The second-order valence-electron chi connectivity index (χ2n) is 14.6. The molecule has 51 heavy (non-hydrogen) atoms. The molecule has 4 aromatic carbocycles.